The van der Waals surface area contributed by atoms with E-state index in [1.807, 2.05) is 13.0 Å². The van der Waals surface area contributed by atoms with Crippen molar-refractivity contribution in [2.45, 2.75) is 26.2 Å². The lowest BCUT2D eigenvalue weighted by Gasteiger charge is -2.26. The Morgan fingerprint density at radius 1 is 1.44 bits per heavy atom. The first kappa shape index (κ1) is 14.5. The van der Waals surface area contributed by atoms with Crippen molar-refractivity contribution in [1.29, 1.82) is 0 Å². The van der Waals surface area contributed by atoms with Crippen LogP contribution in [0.5, 0.6) is 5.75 Å². The first-order valence-electron chi connectivity index (χ1n) is 6.01. The highest BCUT2D eigenvalue weighted by molar-refractivity contribution is 5.75. The Kier molecular flexibility index (Phi) is 4.73. The molecule has 1 aromatic rings. The molecule has 0 atom stereocenters. The molecule has 4 heteroatoms. The van der Waals surface area contributed by atoms with E-state index in [9.17, 15) is 4.79 Å². The van der Waals surface area contributed by atoms with Crippen LogP contribution in [0.1, 0.15) is 25.0 Å². The predicted molar refractivity (Wildman–Crippen MR) is 72.8 cm³/mol. The molecule has 0 aliphatic carbocycles. The number of rotatable bonds is 6. The number of nitrogens with two attached hydrogens (primary N) is 1. The lowest BCUT2D eigenvalue weighted by atomic mass is 9.83. The van der Waals surface area contributed by atoms with E-state index >= 15 is 0 Å². The number of nitrogens with one attached hydrogen (secondary N) is 1. The zero-order chi connectivity index (χ0) is 13.8. The normalized spacial score (nSPS) is 11.3. The molecule has 0 aliphatic rings. The first-order chi connectivity index (χ1) is 8.36. The van der Waals surface area contributed by atoms with Gasteiger partial charge in [-0.2, -0.15) is 0 Å². The fourth-order valence-electron chi connectivity index (χ4n) is 1.90. The molecule has 0 unspecified atom stereocenters. The van der Waals surface area contributed by atoms with Gasteiger partial charge in [-0.05, 0) is 24.1 Å². The molecular weight excluding hydrogens is 228 g/mol. The average molecular weight is 250 g/mol. The molecule has 1 amide bonds. The summed E-state index contributed by atoms with van der Waals surface area (Å²) in [6, 6.07) is 6.14. The largest absolute Gasteiger partial charge is 0.496 e. The molecule has 0 bridgehead atoms. The Labute approximate surface area is 109 Å². The minimum atomic E-state index is -0.336. The fourth-order valence-corrected chi connectivity index (χ4v) is 1.90. The zero-order valence-electron chi connectivity index (χ0n) is 11.5. The lowest BCUT2D eigenvalue weighted by molar-refractivity contribution is -0.117. The second-order valence-corrected chi connectivity index (χ2v) is 5.14. The number of carbonyl (C=O) groups excluding carboxylic acids is 1. The first-order valence-corrected chi connectivity index (χ1v) is 6.01. The third-order valence-electron chi connectivity index (χ3n) is 3.04. The van der Waals surface area contributed by atoms with Crippen molar-refractivity contribution in [3.8, 4) is 5.75 Å². The molecule has 100 valence electrons. The standard InChI is InChI=1S/C14H22N2O2/c1-10-7-11(5-6-12(10)18-4)14(2,3)9-16-8-13(15)17/h5-7,16H,8-9H2,1-4H3,(H2,15,17). The van der Waals surface area contributed by atoms with Crippen molar-refractivity contribution < 1.29 is 9.53 Å². The monoisotopic (exact) mass is 250 g/mol. The Bertz CT molecular complexity index is 428. The van der Waals surface area contributed by atoms with Gasteiger partial charge in [0.1, 0.15) is 5.75 Å². The number of carbonyl (C=O) groups is 1. The second-order valence-electron chi connectivity index (χ2n) is 5.14. The van der Waals surface area contributed by atoms with Crippen LogP contribution in [0.25, 0.3) is 0 Å². The summed E-state index contributed by atoms with van der Waals surface area (Å²) in [6.07, 6.45) is 0. The van der Waals surface area contributed by atoms with E-state index in [4.69, 9.17) is 10.5 Å². The smallest absolute Gasteiger partial charge is 0.231 e. The van der Waals surface area contributed by atoms with Crippen molar-refractivity contribution in [2.24, 2.45) is 5.73 Å². The molecule has 4 nitrogen and oxygen atoms in total. The molecule has 0 fully saturated rings. The summed E-state index contributed by atoms with van der Waals surface area (Å²) < 4.78 is 5.25. The molecule has 0 spiro atoms. The third-order valence-corrected chi connectivity index (χ3v) is 3.04. The molecule has 0 aromatic heterocycles. The number of hydrogen-bond acceptors (Lipinski definition) is 3. The van der Waals surface area contributed by atoms with Gasteiger partial charge in [0.15, 0.2) is 0 Å². The molecule has 3 N–H and O–H groups in total. The Morgan fingerprint density at radius 2 is 2.11 bits per heavy atom. The maximum Gasteiger partial charge on any atom is 0.231 e. The third kappa shape index (κ3) is 3.74. The van der Waals surface area contributed by atoms with Crippen molar-refractivity contribution in [3.05, 3.63) is 29.3 Å². The highest BCUT2D eigenvalue weighted by Gasteiger charge is 2.21. The van der Waals surface area contributed by atoms with Crippen LogP contribution in [-0.2, 0) is 10.2 Å². The van der Waals surface area contributed by atoms with E-state index < -0.39 is 0 Å². The number of methoxy groups -OCH3 is 1. The van der Waals surface area contributed by atoms with Crippen LogP contribution in [-0.4, -0.2) is 26.1 Å². The van der Waals surface area contributed by atoms with Crippen molar-refractivity contribution >= 4 is 5.91 Å². The molecule has 1 aromatic carbocycles. The molecule has 18 heavy (non-hydrogen) atoms. The molecule has 1 rings (SSSR count). The molecular formula is C14H22N2O2. The number of primary amides is 1. The van der Waals surface area contributed by atoms with E-state index in [0.29, 0.717) is 6.54 Å². The van der Waals surface area contributed by atoms with E-state index in [1.165, 1.54) is 5.56 Å². The lowest BCUT2D eigenvalue weighted by Crippen LogP contribution is -2.37. The van der Waals surface area contributed by atoms with Gasteiger partial charge < -0.3 is 15.8 Å². The summed E-state index contributed by atoms with van der Waals surface area (Å²) >= 11 is 0. The SMILES string of the molecule is COc1ccc(C(C)(C)CNCC(N)=O)cc1C. The number of aryl methyl sites for hydroxylation is 1. The Balaban J connectivity index is 2.77. The number of ether oxygens (including phenoxy) is 1. The van der Waals surface area contributed by atoms with Gasteiger partial charge in [0.05, 0.1) is 13.7 Å². The van der Waals surface area contributed by atoms with Gasteiger partial charge in [0.25, 0.3) is 0 Å². The summed E-state index contributed by atoms with van der Waals surface area (Å²) in [5, 5.41) is 3.07. The van der Waals surface area contributed by atoms with Gasteiger partial charge in [0.2, 0.25) is 5.91 Å². The van der Waals surface area contributed by atoms with Gasteiger partial charge in [-0.1, -0.05) is 26.0 Å². The minimum Gasteiger partial charge on any atom is -0.496 e. The van der Waals surface area contributed by atoms with Gasteiger partial charge in [0, 0.05) is 12.0 Å². The highest BCUT2D eigenvalue weighted by atomic mass is 16.5. The van der Waals surface area contributed by atoms with Crippen LogP contribution < -0.4 is 15.8 Å². The van der Waals surface area contributed by atoms with Crippen LogP contribution in [0.3, 0.4) is 0 Å². The summed E-state index contributed by atoms with van der Waals surface area (Å²) in [5.74, 6) is 0.552. The van der Waals surface area contributed by atoms with Gasteiger partial charge in [-0.3, -0.25) is 4.79 Å². The van der Waals surface area contributed by atoms with Gasteiger partial charge in [-0.15, -0.1) is 0 Å². The van der Waals surface area contributed by atoms with Crippen LogP contribution in [0.15, 0.2) is 18.2 Å². The van der Waals surface area contributed by atoms with Crippen molar-refractivity contribution in [2.75, 3.05) is 20.2 Å². The number of amides is 1. The summed E-state index contributed by atoms with van der Waals surface area (Å²) in [7, 11) is 1.67. The van der Waals surface area contributed by atoms with Crippen LogP contribution in [0, 0.1) is 6.92 Å². The highest BCUT2D eigenvalue weighted by Crippen LogP contribution is 2.27. The van der Waals surface area contributed by atoms with Crippen molar-refractivity contribution in [3.63, 3.8) is 0 Å². The predicted octanol–water partition coefficient (Wildman–Crippen LogP) is 1.36. The van der Waals surface area contributed by atoms with Gasteiger partial charge in [-0.25, -0.2) is 0 Å². The van der Waals surface area contributed by atoms with Crippen LogP contribution in [0.4, 0.5) is 0 Å². The zero-order valence-corrected chi connectivity index (χ0v) is 11.5. The molecule has 0 aliphatic heterocycles. The maximum atomic E-state index is 10.7. The maximum absolute atomic E-state index is 10.7. The molecule has 0 heterocycles. The minimum absolute atomic E-state index is 0.0630. The number of benzene rings is 1. The Hall–Kier alpha value is -1.55. The van der Waals surface area contributed by atoms with Gasteiger partial charge >= 0.3 is 0 Å². The molecule has 0 radical (unpaired) electrons. The average Bonchev–Trinajstić information content (AvgIpc) is 2.28. The van der Waals surface area contributed by atoms with E-state index in [1.54, 1.807) is 7.11 Å². The summed E-state index contributed by atoms with van der Waals surface area (Å²) in [5.41, 5.74) is 7.36. The number of hydrogen-bond donors (Lipinski definition) is 2. The summed E-state index contributed by atoms with van der Waals surface area (Å²) in [4.78, 5) is 10.7. The van der Waals surface area contributed by atoms with Crippen LogP contribution in [0.2, 0.25) is 0 Å². The van der Waals surface area contributed by atoms with E-state index in [0.717, 1.165) is 11.3 Å². The second kappa shape index (κ2) is 5.87. The molecule has 0 saturated carbocycles. The topological polar surface area (TPSA) is 64.3 Å². The quantitative estimate of drug-likeness (QED) is 0.801. The summed E-state index contributed by atoms with van der Waals surface area (Å²) in [6.45, 7) is 7.18. The van der Waals surface area contributed by atoms with E-state index in [2.05, 4.69) is 31.3 Å². The Morgan fingerprint density at radius 3 is 2.61 bits per heavy atom. The van der Waals surface area contributed by atoms with Crippen molar-refractivity contribution in [1.82, 2.24) is 5.32 Å². The fraction of sp³-hybridized carbons (Fsp3) is 0.500. The van der Waals surface area contributed by atoms with Crippen LogP contribution >= 0.6 is 0 Å². The van der Waals surface area contributed by atoms with E-state index in [-0.39, 0.29) is 17.9 Å². The molecule has 0 saturated heterocycles.